The van der Waals surface area contributed by atoms with E-state index in [2.05, 4.69) is 5.32 Å². The molecule has 3 aromatic rings. The second-order valence-corrected chi connectivity index (χ2v) is 6.70. The number of hydrogen-bond acceptors (Lipinski definition) is 4. The molecule has 1 aliphatic heterocycles. The summed E-state index contributed by atoms with van der Waals surface area (Å²) in [5, 5.41) is 2.71. The molecule has 0 unspecified atom stereocenters. The van der Waals surface area contributed by atoms with Crippen LogP contribution in [0.2, 0.25) is 0 Å². The second-order valence-electron chi connectivity index (χ2n) is 6.70. The maximum atomic E-state index is 13.3. The van der Waals surface area contributed by atoms with E-state index in [1.807, 2.05) is 6.07 Å². The third-order valence-corrected chi connectivity index (χ3v) is 4.67. The molecule has 6 nitrogen and oxygen atoms in total. The van der Waals surface area contributed by atoms with Crippen molar-refractivity contribution in [1.29, 1.82) is 0 Å². The summed E-state index contributed by atoms with van der Waals surface area (Å²) in [4.78, 5) is 39.7. The molecule has 0 radical (unpaired) electrons. The second kappa shape index (κ2) is 8.16. The van der Waals surface area contributed by atoms with E-state index in [9.17, 15) is 18.8 Å². The SMILES string of the molecule is O=C(C[C@@H]1C(=O)Oc2ccccc2N1C(=O)c1ccc(F)cc1)Nc1ccccc1. The molecule has 7 heteroatoms. The molecule has 1 N–H and O–H groups in total. The molecule has 30 heavy (non-hydrogen) atoms. The maximum Gasteiger partial charge on any atom is 0.335 e. The van der Waals surface area contributed by atoms with Crippen LogP contribution in [0, 0.1) is 5.82 Å². The summed E-state index contributed by atoms with van der Waals surface area (Å²) in [7, 11) is 0. The molecule has 1 heterocycles. The number of benzene rings is 3. The Morgan fingerprint density at radius 1 is 0.933 bits per heavy atom. The van der Waals surface area contributed by atoms with Crippen molar-refractivity contribution in [2.45, 2.75) is 12.5 Å². The number of para-hydroxylation sites is 3. The van der Waals surface area contributed by atoms with E-state index in [4.69, 9.17) is 4.74 Å². The third-order valence-electron chi connectivity index (χ3n) is 4.67. The molecular formula is C23H17FN2O4. The van der Waals surface area contributed by atoms with Gasteiger partial charge in [0.05, 0.1) is 12.1 Å². The molecule has 0 bridgehead atoms. The highest BCUT2D eigenvalue weighted by Gasteiger charge is 2.40. The number of anilines is 2. The Morgan fingerprint density at radius 2 is 1.60 bits per heavy atom. The minimum absolute atomic E-state index is 0.189. The highest BCUT2D eigenvalue weighted by Crippen LogP contribution is 2.36. The topological polar surface area (TPSA) is 75.7 Å². The van der Waals surface area contributed by atoms with Crippen LogP contribution in [0.3, 0.4) is 0 Å². The summed E-state index contributed by atoms with van der Waals surface area (Å²) >= 11 is 0. The van der Waals surface area contributed by atoms with Gasteiger partial charge in [-0.25, -0.2) is 9.18 Å². The Balaban J connectivity index is 1.66. The predicted molar refractivity (Wildman–Crippen MR) is 109 cm³/mol. The van der Waals surface area contributed by atoms with Crippen LogP contribution in [-0.2, 0) is 9.59 Å². The van der Waals surface area contributed by atoms with Crippen LogP contribution in [-0.4, -0.2) is 23.8 Å². The van der Waals surface area contributed by atoms with E-state index in [1.54, 1.807) is 48.5 Å². The monoisotopic (exact) mass is 404 g/mol. The fourth-order valence-electron chi connectivity index (χ4n) is 3.26. The molecule has 150 valence electrons. The Hall–Kier alpha value is -4.00. The van der Waals surface area contributed by atoms with Crippen LogP contribution in [0.5, 0.6) is 5.75 Å². The molecule has 1 aliphatic rings. The van der Waals surface area contributed by atoms with Gasteiger partial charge in [-0.2, -0.15) is 0 Å². The standard InChI is InChI=1S/C23H17FN2O4/c24-16-12-10-15(11-13-16)22(28)26-18-8-4-5-9-20(18)30-23(29)19(26)14-21(27)25-17-6-2-1-3-7-17/h1-13,19H,14H2,(H,25,27)/t19-/m1/s1. The van der Waals surface area contributed by atoms with Gasteiger partial charge in [-0.3, -0.25) is 14.5 Å². The van der Waals surface area contributed by atoms with Crippen molar-refractivity contribution < 1.29 is 23.5 Å². The third kappa shape index (κ3) is 3.91. The van der Waals surface area contributed by atoms with Crippen LogP contribution >= 0.6 is 0 Å². The van der Waals surface area contributed by atoms with Gasteiger partial charge in [-0.15, -0.1) is 0 Å². The maximum absolute atomic E-state index is 13.3. The van der Waals surface area contributed by atoms with Gasteiger partial charge in [-0.05, 0) is 48.5 Å². The number of fused-ring (bicyclic) bond motifs is 1. The molecule has 0 aromatic heterocycles. The van der Waals surface area contributed by atoms with Gasteiger partial charge >= 0.3 is 5.97 Å². The number of ether oxygens (including phenoxy) is 1. The van der Waals surface area contributed by atoms with Crippen LogP contribution < -0.4 is 15.0 Å². The summed E-state index contributed by atoms with van der Waals surface area (Å²) in [6.07, 6.45) is -0.297. The molecule has 0 saturated heterocycles. The first kappa shape index (κ1) is 19.3. The van der Waals surface area contributed by atoms with Crippen molar-refractivity contribution in [2.75, 3.05) is 10.2 Å². The molecule has 3 aromatic carbocycles. The number of carbonyl (C=O) groups excluding carboxylic acids is 3. The summed E-state index contributed by atoms with van der Waals surface area (Å²) in [6.45, 7) is 0. The first-order chi connectivity index (χ1) is 14.5. The highest BCUT2D eigenvalue weighted by molar-refractivity contribution is 6.12. The van der Waals surface area contributed by atoms with Crippen molar-refractivity contribution in [3.05, 3.63) is 90.2 Å². The minimum Gasteiger partial charge on any atom is -0.423 e. The zero-order chi connectivity index (χ0) is 21.1. The van der Waals surface area contributed by atoms with E-state index in [0.29, 0.717) is 11.4 Å². The number of hydrogen-bond donors (Lipinski definition) is 1. The fraction of sp³-hybridized carbons (Fsp3) is 0.0870. The Morgan fingerprint density at radius 3 is 2.33 bits per heavy atom. The number of halogens is 1. The molecule has 0 spiro atoms. The number of carbonyl (C=O) groups is 3. The van der Waals surface area contributed by atoms with Crippen LogP contribution in [0.15, 0.2) is 78.9 Å². The Labute approximate surface area is 171 Å². The molecule has 1 atom stereocenters. The van der Waals surface area contributed by atoms with E-state index in [-0.39, 0.29) is 17.7 Å². The predicted octanol–water partition coefficient (Wildman–Crippen LogP) is 3.79. The van der Waals surface area contributed by atoms with E-state index in [0.717, 1.165) is 0 Å². The summed E-state index contributed by atoms with van der Waals surface area (Å²) < 4.78 is 18.7. The first-order valence-electron chi connectivity index (χ1n) is 9.27. The minimum atomic E-state index is -1.17. The number of nitrogens with one attached hydrogen (secondary N) is 1. The normalized spacial score (nSPS) is 15.2. The van der Waals surface area contributed by atoms with Gasteiger partial charge in [-0.1, -0.05) is 30.3 Å². The summed E-state index contributed by atoms with van der Waals surface area (Å²) in [5.41, 5.74) is 1.13. The lowest BCUT2D eigenvalue weighted by Gasteiger charge is -2.35. The van der Waals surface area contributed by atoms with Crippen LogP contribution in [0.4, 0.5) is 15.8 Å². The number of nitrogens with zero attached hydrogens (tertiary/aromatic N) is 1. The molecule has 4 rings (SSSR count). The Kier molecular flexibility index (Phi) is 5.26. The van der Waals surface area contributed by atoms with Gasteiger partial charge in [0.1, 0.15) is 11.9 Å². The van der Waals surface area contributed by atoms with Gasteiger partial charge in [0.2, 0.25) is 5.91 Å². The van der Waals surface area contributed by atoms with E-state index >= 15 is 0 Å². The average molecular weight is 404 g/mol. The quantitative estimate of drug-likeness (QED) is 0.530. The molecule has 0 aliphatic carbocycles. The molecule has 2 amide bonds. The lowest BCUT2D eigenvalue weighted by atomic mass is 10.0. The van der Waals surface area contributed by atoms with Gasteiger partial charge in [0.25, 0.3) is 5.91 Å². The smallest absolute Gasteiger partial charge is 0.335 e. The number of rotatable bonds is 4. The van der Waals surface area contributed by atoms with Crippen molar-refractivity contribution in [1.82, 2.24) is 0 Å². The van der Waals surface area contributed by atoms with Gasteiger partial charge in [0, 0.05) is 11.3 Å². The van der Waals surface area contributed by atoms with Gasteiger partial charge < -0.3 is 10.1 Å². The van der Waals surface area contributed by atoms with Crippen molar-refractivity contribution in [2.24, 2.45) is 0 Å². The largest absolute Gasteiger partial charge is 0.423 e. The van der Waals surface area contributed by atoms with Crippen molar-refractivity contribution >= 4 is 29.2 Å². The molecular weight excluding hydrogens is 387 g/mol. The van der Waals surface area contributed by atoms with Crippen LogP contribution in [0.25, 0.3) is 0 Å². The average Bonchev–Trinajstić information content (AvgIpc) is 2.75. The molecule has 0 fully saturated rings. The van der Waals surface area contributed by atoms with Crippen molar-refractivity contribution in [3.63, 3.8) is 0 Å². The van der Waals surface area contributed by atoms with E-state index in [1.165, 1.54) is 29.2 Å². The zero-order valence-corrected chi connectivity index (χ0v) is 15.7. The van der Waals surface area contributed by atoms with Crippen LogP contribution in [0.1, 0.15) is 16.8 Å². The highest BCUT2D eigenvalue weighted by atomic mass is 19.1. The van der Waals surface area contributed by atoms with E-state index < -0.39 is 29.6 Å². The summed E-state index contributed by atoms with van der Waals surface area (Å²) in [6, 6.07) is 19.2. The summed E-state index contributed by atoms with van der Waals surface area (Å²) in [5.74, 6) is -1.95. The number of amides is 2. The first-order valence-corrected chi connectivity index (χ1v) is 9.27. The fourth-order valence-corrected chi connectivity index (χ4v) is 3.26. The van der Waals surface area contributed by atoms with Crippen molar-refractivity contribution in [3.8, 4) is 5.75 Å². The zero-order valence-electron chi connectivity index (χ0n) is 15.7. The number of esters is 1. The lowest BCUT2D eigenvalue weighted by Crippen LogP contribution is -2.51. The molecule has 0 saturated carbocycles. The lowest BCUT2D eigenvalue weighted by molar-refractivity contribution is -0.138. The Bertz CT molecular complexity index is 1100. The van der Waals surface area contributed by atoms with Gasteiger partial charge in [0.15, 0.2) is 5.75 Å².